The van der Waals surface area contributed by atoms with Gasteiger partial charge in [-0.2, -0.15) is 13.2 Å². The van der Waals surface area contributed by atoms with Crippen LogP contribution in [0.4, 0.5) is 36.8 Å². The van der Waals surface area contributed by atoms with Crippen LogP contribution in [-0.4, -0.2) is 33.4 Å². The average molecular weight is 512 g/mol. The zero-order chi connectivity index (χ0) is 25.9. The molecule has 2 aromatic heterocycles. The minimum absolute atomic E-state index is 0.150. The summed E-state index contributed by atoms with van der Waals surface area (Å²) in [6.07, 6.45) is -10.3. The number of hydrogen-bond donors (Lipinski definition) is 1. The predicted molar refractivity (Wildman–Crippen MR) is 111 cm³/mol. The molecular weight excluding hydrogens is 498 g/mol. The first-order valence-corrected chi connectivity index (χ1v) is 9.93. The highest BCUT2D eigenvalue weighted by Gasteiger charge is 2.44. The van der Waals surface area contributed by atoms with Gasteiger partial charge in [0.1, 0.15) is 12.1 Å². The minimum Gasteiger partial charge on any atom is -0.472 e. The molecule has 4 aromatic rings. The molecule has 0 aliphatic rings. The molecule has 2 heterocycles. The molecule has 0 aliphatic carbocycles. The number of hydrogen-bond acceptors (Lipinski definition) is 6. The number of rotatable bonds is 6. The Balaban J connectivity index is 1.40. The number of carbonyl (C=O) groups is 1. The third-order valence-corrected chi connectivity index (χ3v) is 4.58. The highest BCUT2D eigenvalue weighted by Crippen LogP contribution is 2.36. The lowest BCUT2D eigenvalue weighted by Crippen LogP contribution is -2.28. The lowest BCUT2D eigenvalue weighted by molar-refractivity contribution is -0.274. The van der Waals surface area contributed by atoms with E-state index in [4.69, 9.17) is 0 Å². The molecule has 1 N–H and O–H groups in total. The number of nitrogens with one attached hydrogen (secondary N) is 1. The second kappa shape index (κ2) is 9.64. The predicted octanol–water partition coefficient (Wildman–Crippen LogP) is 6.28. The number of amides is 1. The third kappa shape index (κ3) is 6.14. The summed E-state index contributed by atoms with van der Waals surface area (Å²) < 4.78 is 90.8. The van der Waals surface area contributed by atoms with Gasteiger partial charge in [0.2, 0.25) is 6.10 Å². The summed E-state index contributed by atoms with van der Waals surface area (Å²) in [4.78, 5) is 16.1. The molecule has 188 valence electrons. The first-order valence-electron chi connectivity index (χ1n) is 9.93. The van der Waals surface area contributed by atoms with Gasteiger partial charge in [-0.1, -0.05) is 0 Å². The normalized spacial score (nSPS) is 12.7. The van der Waals surface area contributed by atoms with Crippen LogP contribution < -0.4 is 10.1 Å². The molecule has 2 aromatic carbocycles. The molecular formula is C22H14F6N4O4. The number of alkyl halides is 6. The summed E-state index contributed by atoms with van der Waals surface area (Å²) in [6.45, 7) is 0. The number of furan rings is 1. The maximum absolute atomic E-state index is 13.2. The topological polar surface area (TPSA) is 91.4 Å². The van der Waals surface area contributed by atoms with Crippen LogP contribution in [-0.2, 0) is 4.74 Å². The third-order valence-electron chi connectivity index (χ3n) is 4.58. The van der Waals surface area contributed by atoms with E-state index in [0.29, 0.717) is 11.3 Å². The van der Waals surface area contributed by atoms with Gasteiger partial charge in [-0.15, -0.1) is 18.3 Å². The quantitative estimate of drug-likeness (QED) is 0.306. The lowest BCUT2D eigenvalue weighted by Gasteiger charge is -2.19. The molecule has 0 bridgehead atoms. The number of carbonyl (C=O) groups excluding carboxylic acids is 1. The fourth-order valence-corrected chi connectivity index (χ4v) is 3.03. The zero-order valence-corrected chi connectivity index (χ0v) is 17.7. The summed E-state index contributed by atoms with van der Waals surface area (Å²) in [5, 5.41) is 6.44. The number of nitrogens with zero attached hydrogens (tertiary/aromatic N) is 3. The van der Waals surface area contributed by atoms with Gasteiger partial charge in [0.05, 0.1) is 18.2 Å². The van der Waals surface area contributed by atoms with Gasteiger partial charge >= 0.3 is 18.6 Å². The van der Waals surface area contributed by atoms with E-state index in [1.165, 1.54) is 47.4 Å². The van der Waals surface area contributed by atoms with Crippen LogP contribution in [0.5, 0.6) is 5.75 Å². The van der Waals surface area contributed by atoms with Crippen molar-refractivity contribution in [1.29, 1.82) is 0 Å². The number of anilines is 1. The van der Waals surface area contributed by atoms with Crippen molar-refractivity contribution in [3.8, 4) is 22.8 Å². The number of halogens is 6. The highest BCUT2D eigenvalue weighted by molar-refractivity contribution is 5.85. The van der Waals surface area contributed by atoms with Crippen molar-refractivity contribution in [3.63, 3.8) is 0 Å². The summed E-state index contributed by atoms with van der Waals surface area (Å²) in [5.41, 5.74) is 0.700. The summed E-state index contributed by atoms with van der Waals surface area (Å²) >= 11 is 0. The molecule has 0 saturated heterocycles. The Bertz CT molecular complexity index is 1300. The van der Waals surface area contributed by atoms with E-state index >= 15 is 0 Å². The van der Waals surface area contributed by atoms with E-state index in [2.05, 4.69) is 29.3 Å². The van der Waals surface area contributed by atoms with E-state index in [0.717, 1.165) is 30.7 Å². The standard InChI is InChI=1S/C22H14F6N4O4/c23-21(24,25)18(14-9-10-34-11-14)35-20(33)30-15-3-1-13(2-4-15)19-29-12-32(31-19)16-5-7-17(8-6-16)36-22(26,27)28/h1-12,18H,(H,30,33). The second-order valence-electron chi connectivity index (χ2n) is 7.14. The first kappa shape index (κ1) is 24.6. The second-order valence-corrected chi connectivity index (χ2v) is 7.14. The van der Waals surface area contributed by atoms with Gasteiger partial charge < -0.3 is 13.9 Å². The molecule has 0 saturated carbocycles. The first-order chi connectivity index (χ1) is 17.0. The van der Waals surface area contributed by atoms with Gasteiger partial charge in [0, 0.05) is 16.8 Å². The van der Waals surface area contributed by atoms with E-state index in [-0.39, 0.29) is 22.8 Å². The molecule has 0 fully saturated rings. The SMILES string of the molecule is O=C(Nc1ccc(-c2ncn(-c3ccc(OC(F)(F)F)cc3)n2)cc1)OC(c1ccoc1)C(F)(F)F. The van der Waals surface area contributed by atoms with Crippen LogP contribution in [0.1, 0.15) is 11.7 Å². The van der Waals surface area contributed by atoms with Crippen LogP contribution in [0, 0.1) is 0 Å². The van der Waals surface area contributed by atoms with E-state index in [1.54, 1.807) is 0 Å². The average Bonchev–Trinajstić information content (AvgIpc) is 3.49. The maximum atomic E-state index is 13.2. The molecule has 1 amide bonds. The molecule has 4 rings (SSSR count). The molecule has 0 aliphatic heterocycles. The van der Waals surface area contributed by atoms with Crippen LogP contribution in [0.25, 0.3) is 17.1 Å². The summed E-state index contributed by atoms with van der Waals surface area (Å²) in [5.74, 6) is -0.142. The molecule has 8 nitrogen and oxygen atoms in total. The smallest absolute Gasteiger partial charge is 0.472 e. The largest absolute Gasteiger partial charge is 0.573 e. The number of ether oxygens (including phenoxy) is 2. The van der Waals surface area contributed by atoms with Crippen LogP contribution in [0.3, 0.4) is 0 Å². The van der Waals surface area contributed by atoms with Gasteiger partial charge in [0.25, 0.3) is 0 Å². The van der Waals surface area contributed by atoms with Crippen molar-refractivity contribution in [3.05, 3.63) is 79.0 Å². The number of benzene rings is 2. The molecule has 0 radical (unpaired) electrons. The van der Waals surface area contributed by atoms with Crippen LogP contribution >= 0.6 is 0 Å². The van der Waals surface area contributed by atoms with Crippen LogP contribution in [0.2, 0.25) is 0 Å². The van der Waals surface area contributed by atoms with Crippen molar-refractivity contribution in [1.82, 2.24) is 14.8 Å². The molecule has 14 heteroatoms. The highest BCUT2D eigenvalue weighted by atomic mass is 19.4. The van der Waals surface area contributed by atoms with Crippen molar-refractivity contribution < 1.29 is 45.0 Å². The van der Waals surface area contributed by atoms with E-state index in [1.807, 2.05) is 0 Å². The fraction of sp³-hybridized carbons (Fsp3) is 0.136. The Morgan fingerprint density at radius 1 is 0.972 bits per heavy atom. The van der Waals surface area contributed by atoms with Crippen molar-refractivity contribution in [2.75, 3.05) is 5.32 Å². The minimum atomic E-state index is -4.85. The Morgan fingerprint density at radius 3 is 2.25 bits per heavy atom. The Labute approximate surface area is 198 Å². The van der Waals surface area contributed by atoms with E-state index in [9.17, 15) is 31.1 Å². The fourth-order valence-electron chi connectivity index (χ4n) is 3.03. The monoisotopic (exact) mass is 512 g/mol. The number of aromatic nitrogens is 3. The summed E-state index contributed by atoms with van der Waals surface area (Å²) in [6, 6.07) is 11.8. The molecule has 0 spiro atoms. The Hall–Kier alpha value is -4.49. The van der Waals surface area contributed by atoms with Gasteiger partial charge in [-0.05, 0) is 54.6 Å². The van der Waals surface area contributed by atoms with Gasteiger partial charge in [0.15, 0.2) is 5.82 Å². The van der Waals surface area contributed by atoms with Crippen LogP contribution in [0.15, 0.2) is 77.9 Å². The Morgan fingerprint density at radius 2 is 1.67 bits per heavy atom. The maximum Gasteiger partial charge on any atom is 0.573 e. The zero-order valence-electron chi connectivity index (χ0n) is 17.7. The van der Waals surface area contributed by atoms with Crippen molar-refractivity contribution in [2.24, 2.45) is 0 Å². The molecule has 1 atom stereocenters. The van der Waals surface area contributed by atoms with Crippen molar-refractivity contribution in [2.45, 2.75) is 18.6 Å². The van der Waals surface area contributed by atoms with Gasteiger partial charge in [-0.3, -0.25) is 5.32 Å². The van der Waals surface area contributed by atoms with Gasteiger partial charge in [-0.25, -0.2) is 14.5 Å². The lowest BCUT2D eigenvalue weighted by atomic mass is 10.2. The molecule has 1 unspecified atom stereocenters. The Kier molecular flexibility index (Phi) is 6.59. The molecule has 36 heavy (non-hydrogen) atoms. The summed E-state index contributed by atoms with van der Waals surface area (Å²) in [7, 11) is 0. The van der Waals surface area contributed by atoms with E-state index < -0.39 is 24.7 Å². The van der Waals surface area contributed by atoms with Crippen molar-refractivity contribution >= 4 is 11.8 Å².